The van der Waals surface area contributed by atoms with Crippen LogP contribution in [-0.4, -0.2) is 29.4 Å². The summed E-state index contributed by atoms with van der Waals surface area (Å²) in [4.78, 5) is 14.5. The minimum Gasteiger partial charge on any atom is -0.350 e. The van der Waals surface area contributed by atoms with E-state index in [4.69, 9.17) is 0 Å². The fourth-order valence-electron chi connectivity index (χ4n) is 3.22. The number of fused-ring (bicyclic) bond motifs is 1. The van der Waals surface area contributed by atoms with Gasteiger partial charge in [0.25, 0.3) is 5.91 Å². The third-order valence-corrected chi connectivity index (χ3v) is 4.86. The summed E-state index contributed by atoms with van der Waals surface area (Å²) in [5.41, 5.74) is 1.79. The number of halogens is 2. The molecule has 0 fully saturated rings. The Balaban J connectivity index is 1.67. The first-order valence-electron chi connectivity index (χ1n) is 8.42. The predicted molar refractivity (Wildman–Crippen MR) is 93.3 cm³/mol. The van der Waals surface area contributed by atoms with E-state index in [1.54, 1.807) is 0 Å². The molecule has 1 heterocycles. The van der Waals surface area contributed by atoms with E-state index in [9.17, 15) is 13.6 Å². The molecule has 0 atom stereocenters. The molecule has 0 unspecified atom stereocenters. The Kier molecular flexibility index (Phi) is 4.86. The van der Waals surface area contributed by atoms with E-state index in [0.29, 0.717) is 6.54 Å². The largest absolute Gasteiger partial charge is 0.350 e. The number of benzene rings is 2. The van der Waals surface area contributed by atoms with Gasteiger partial charge in [-0.1, -0.05) is 30.3 Å². The van der Waals surface area contributed by atoms with Crippen LogP contribution in [0.2, 0.25) is 0 Å². The number of nitrogens with one attached hydrogen (secondary N) is 1. The first-order valence-corrected chi connectivity index (χ1v) is 8.42. The van der Waals surface area contributed by atoms with E-state index >= 15 is 0 Å². The van der Waals surface area contributed by atoms with Crippen molar-refractivity contribution in [2.75, 3.05) is 13.1 Å². The average molecular weight is 344 g/mol. The molecule has 0 aliphatic carbocycles. The van der Waals surface area contributed by atoms with E-state index in [0.717, 1.165) is 31.6 Å². The molecule has 132 valence electrons. The molecule has 0 saturated heterocycles. The zero-order valence-electron chi connectivity index (χ0n) is 14.5. The lowest BCUT2D eigenvalue weighted by atomic mass is 9.94. The Bertz CT molecular complexity index is 769. The molecule has 1 aliphatic heterocycles. The Morgan fingerprint density at radius 3 is 2.40 bits per heavy atom. The molecular weight excluding hydrogens is 322 g/mol. The Hall–Kier alpha value is -2.27. The summed E-state index contributed by atoms with van der Waals surface area (Å²) in [6.07, 6.45) is 0.954. The summed E-state index contributed by atoms with van der Waals surface area (Å²) >= 11 is 0. The number of rotatable bonds is 4. The van der Waals surface area contributed by atoms with E-state index < -0.39 is 23.1 Å². The van der Waals surface area contributed by atoms with Crippen LogP contribution in [0.25, 0.3) is 0 Å². The van der Waals surface area contributed by atoms with Crippen molar-refractivity contribution in [2.24, 2.45) is 0 Å². The van der Waals surface area contributed by atoms with Crippen LogP contribution in [0, 0.1) is 11.6 Å². The zero-order valence-corrected chi connectivity index (χ0v) is 14.5. The highest BCUT2D eigenvalue weighted by molar-refractivity contribution is 5.94. The van der Waals surface area contributed by atoms with Gasteiger partial charge in [0.15, 0.2) is 0 Å². The van der Waals surface area contributed by atoms with Crippen molar-refractivity contribution in [3.63, 3.8) is 0 Å². The molecule has 0 aromatic heterocycles. The maximum Gasteiger partial charge on any atom is 0.257 e. The highest BCUT2D eigenvalue weighted by Crippen LogP contribution is 2.25. The smallest absolute Gasteiger partial charge is 0.257 e. The summed E-state index contributed by atoms with van der Waals surface area (Å²) in [6, 6.07) is 11.8. The van der Waals surface area contributed by atoms with Gasteiger partial charge < -0.3 is 5.32 Å². The SMILES string of the molecule is CC(C)(CNC(=O)c1c(F)cccc1F)N1CCc2ccccc2C1. The van der Waals surface area contributed by atoms with Gasteiger partial charge in [0.05, 0.1) is 0 Å². The van der Waals surface area contributed by atoms with Gasteiger partial charge in [0.2, 0.25) is 0 Å². The van der Waals surface area contributed by atoms with Crippen LogP contribution in [0.3, 0.4) is 0 Å². The normalized spacial score (nSPS) is 14.9. The van der Waals surface area contributed by atoms with Gasteiger partial charge in [0, 0.05) is 25.2 Å². The molecule has 3 rings (SSSR count). The fraction of sp³-hybridized carbons (Fsp3) is 0.350. The molecule has 1 amide bonds. The van der Waals surface area contributed by atoms with Gasteiger partial charge in [-0.25, -0.2) is 8.78 Å². The summed E-state index contributed by atoms with van der Waals surface area (Å²) in [5.74, 6) is -2.41. The first-order chi connectivity index (χ1) is 11.9. The molecule has 25 heavy (non-hydrogen) atoms. The van der Waals surface area contributed by atoms with Crippen molar-refractivity contribution >= 4 is 5.91 Å². The topological polar surface area (TPSA) is 32.3 Å². The van der Waals surface area contributed by atoms with Crippen LogP contribution >= 0.6 is 0 Å². The quantitative estimate of drug-likeness (QED) is 0.920. The molecule has 0 spiro atoms. The number of hydrogen-bond acceptors (Lipinski definition) is 2. The predicted octanol–water partition coefficient (Wildman–Crippen LogP) is 3.53. The lowest BCUT2D eigenvalue weighted by Gasteiger charge is -2.41. The monoisotopic (exact) mass is 344 g/mol. The summed E-state index contributed by atoms with van der Waals surface area (Å²) in [5, 5.41) is 2.68. The van der Waals surface area contributed by atoms with Crippen molar-refractivity contribution in [1.82, 2.24) is 10.2 Å². The van der Waals surface area contributed by atoms with Crippen molar-refractivity contribution in [3.8, 4) is 0 Å². The second-order valence-electron chi connectivity index (χ2n) is 7.03. The van der Waals surface area contributed by atoms with Crippen molar-refractivity contribution < 1.29 is 13.6 Å². The average Bonchev–Trinajstić information content (AvgIpc) is 2.59. The molecule has 2 aromatic rings. The van der Waals surface area contributed by atoms with Crippen molar-refractivity contribution in [1.29, 1.82) is 0 Å². The minimum atomic E-state index is -0.845. The maximum atomic E-state index is 13.7. The van der Waals surface area contributed by atoms with Crippen molar-refractivity contribution in [3.05, 3.63) is 70.8 Å². The lowest BCUT2D eigenvalue weighted by molar-refractivity contribution is 0.0820. The zero-order chi connectivity index (χ0) is 18.0. The fourth-order valence-corrected chi connectivity index (χ4v) is 3.22. The van der Waals surface area contributed by atoms with Gasteiger partial charge in [0.1, 0.15) is 17.2 Å². The molecule has 1 N–H and O–H groups in total. The highest BCUT2D eigenvalue weighted by atomic mass is 19.1. The van der Waals surface area contributed by atoms with Gasteiger partial charge in [-0.05, 0) is 43.5 Å². The van der Waals surface area contributed by atoms with E-state index in [2.05, 4.69) is 22.3 Å². The van der Waals surface area contributed by atoms with Gasteiger partial charge >= 0.3 is 0 Å². The second-order valence-corrected chi connectivity index (χ2v) is 7.03. The van der Waals surface area contributed by atoms with Crippen LogP contribution in [0.15, 0.2) is 42.5 Å². The van der Waals surface area contributed by atoms with Gasteiger partial charge in [-0.15, -0.1) is 0 Å². The van der Waals surface area contributed by atoms with E-state index in [1.165, 1.54) is 17.2 Å². The third kappa shape index (κ3) is 3.71. The number of amides is 1. The second kappa shape index (κ2) is 6.92. The molecule has 0 radical (unpaired) electrons. The molecule has 0 bridgehead atoms. The lowest BCUT2D eigenvalue weighted by Crippen LogP contribution is -2.53. The number of carbonyl (C=O) groups excluding carboxylic acids is 1. The van der Waals surface area contributed by atoms with E-state index in [1.807, 2.05) is 26.0 Å². The third-order valence-electron chi connectivity index (χ3n) is 4.86. The Morgan fingerprint density at radius 1 is 1.08 bits per heavy atom. The number of nitrogens with zero attached hydrogens (tertiary/aromatic N) is 1. The number of carbonyl (C=O) groups is 1. The van der Waals surface area contributed by atoms with Crippen LogP contribution in [-0.2, 0) is 13.0 Å². The summed E-state index contributed by atoms with van der Waals surface area (Å²) < 4.78 is 27.5. The molecular formula is C20H22F2N2O. The van der Waals surface area contributed by atoms with Crippen LogP contribution in [0.4, 0.5) is 8.78 Å². The molecule has 0 saturated carbocycles. The first kappa shape index (κ1) is 17.5. The summed E-state index contributed by atoms with van der Waals surface area (Å²) in [6.45, 7) is 6.04. The van der Waals surface area contributed by atoms with E-state index in [-0.39, 0.29) is 5.54 Å². The van der Waals surface area contributed by atoms with Gasteiger partial charge in [-0.3, -0.25) is 9.69 Å². The minimum absolute atomic E-state index is 0.307. The Morgan fingerprint density at radius 2 is 1.72 bits per heavy atom. The molecule has 3 nitrogen and oxygen atoms in total. The van der Waals surface area contributed by atoms with Gasteiger partial charge in [-0.2, -0.15) is 0 Å². The molecule has 1 aliphatic rings. The summed E-state index contributed by atoms with van der Waals surface area (Å²) in [7, 11) is 0. The molecule has 5 heteroatoms. The Labute approximate surface area is 146 Å². The highest BCUT2D eigenvalue weighted by Gasteiger charge is 2.30. The van der Waals surface area contributed by atoms with Crippen LogP contribution in [0.5, 0.6) is 0 Å². The van der Waals surface area contributed by atoms with Crippen LogP contribution in [0.1, 0.15) is 35.3 Å². The number of hydrogen-bond donors (Lipinski definition) is 1. The maximum absolute atomic E-state index is 13.7. The van der Waals surface area contributed by atoms with Crippen molar-refractivity contribution in [2.45, 2.75) is 32.4 Å². The standard InChI is InChI=1S/C20H22F2N2O/c1-20(2,24-11-10-14-6-3-4-7-15(14)12-24)13-23-19(25)18-16(21)8-5-9-17(18)22/h3-9H,10-13H2,1-2H3,(H,23,25). The van der Waals surface area contributed by atoms with Crippen LogP contribution < -0.4 is 5.32 Å². The molecule has 2 aromatic carbocycles.